The number of amides is 3. The zero-order chi connectivity index (χ0) is 36.6. The third-order valence-electron chi connectivity index (χ3n) is 11.1. The van der Waals surface area contributed by atoms with Crippen molar-refractivity contribution in [3.63, 3.8) is 0 Å². The first-order chi connectivity index (χ1) is 25.0. The van der Waals surface area contributed by atoms with Gasteiger partial charge in [-0.2, -0.15) is 0 Å². The molecule has 7 rings (SSSR count). The van der Waals surface area contributed by atoms with Gasteiger partial charge in [0, 0.05) is 54.2 Å². The van der Waals surface area contributed by atoms with Gasteiger partial charge in [-0.15, -0.1) is 5.10 Å². The monoisotopic (exact) mass is 732 g/mol. The summed E-state index contributed by atoms with van der Waals surface area (Å²) in [4.78, 5) is 42.5. The van der Waals surface area contributed by atoms with Gasteiger partial charge in [-0.25, -0.2) is 0 Å². The quantitative estimate of drug-likeness (QED) is 0.138. The van der Waals surface area contributed by atoms with Crippen molar-refractivity contribution in [3.8, 4) is 0 Å². The van der Waals surface area contributed by atoms with E-state index in [1.165, 1.54) is 0 Å². The molecule has 2 aromatic carbocycles. The molecule has 3 amide bonds. The Balaban J connectivity index is 1.19. The lowest BCUT2D eigenvalue weighted by molar-refractivity contribution is -0.146. The molecule has 278 valence electrons. The van der Waals surface area contributed by atoms with Crippen LogP contribution in [-0.2, 0) is 44.2 Å². The van der Waals surface area contributed by atoms with Crippen molar-refractivity contribution in [3.05, 3.63) is 65.5 Å². The maximum absolute atomic E-state index is 16.4. The molecule has 0 saturated carbocycles. The predicted octanol–water partition coefficient (Wildman–Crippen LogP) is 3.61. The van der Waals surface area contributed by atoms with E-state index in [-0.39, 0.29) is 43.0 Å². The molecule has 4 aliphatic rings. The van der Waals surface area contributed by atoms with Crippen molar-refractivity contribution in [2.75, 3.05) is 35.2 Å². The van der Waals surface area contributed by atoms with Gasteiger partial charge in [0.25, 0.3) is 5.91 Å². The molecule has 15 heteroatoms. The van der Waals surface area contributed by atoms with E-state index in [4.69, 9.17) is 4.74 Å². The number of fused-ring (bicyclic) bond motifs is 2. The number of aromatic nitrogens is 3. The van der Waals surface area contributed by atoms with Crippen molar-refractivity contribution in [2.45, 2.75) is 101 Å². The molecule has 0 aliphatic carbocycles. The Kier molecular flexibility index (Phi) is 10.3. The Labute approximate surface area is 304 Å². The second-order valence-corrected chi connectivity index (χ2v) is 18.9. The zero-order valence-electron chi connectivity index (χ0n) is 30.0. The molecule has 1 aromatic heterocycles. The van der Waals surface area contributed by atoms with Crippen LogP contribution in [0.1, 0.15) is 55.8 Å². The largest absolute Gasteiger partial charge is 0.396 e. The van der Waals surface area contributed by atoms with E-state index < -0.39 is 31.6 Å². The van der Waals surface area contributed by atoms with E-state index in [1.807, 2.05) is 43.3 Å². The number of hydrogen-bond acceptors (Lipinski definition) is 9. The van der Waals surface area contributed by atoms with E-state index in [0.717, 1.165) is 44.3 Å². The standard InChI is InChI=1S/C37H49FN8O5Si/c1-23-33(52(2,3)38)32(14-18-45-22-27(15-19-47)43-44-45)51-37(23)28-20-26(42-35(49)30-7-5-17-40-30)12-13-31(28)46(36(37)50)21-24-8-10-25(11-9-24)41-34(48)29-6-4-16-39-29/h8-13,20,22-23,29-30,32-33,39-40,47H,4-7,14-19,21H2,1-3H3,(H,41,48)(H,42,49)/t23-,29-,30-,32+,33-,37+/m1/s1. The van der Waals surface area contributed by atoms with Crippen LogP contribution in [-0.4, -0.2) is 84.1 Å². The lowest BCUT2D eigenvalue weighted by Crippen LogP contribution is -2.45. The number of aryl methyl sites for hydroxylation is 1. The smallest absolute Gasteiger partial charge is 0.264 e. The van der Waals surface area contributed by atoms with Gasteiger partial charge in [0.1, 0.15) is 0 Å². The lowest BCUT2D eigenvalue weighted by atomic mass is 9.82. The summed E-state index contributed by atoms with van der Waals surface area (Å²) < 4.78 is 25.0. The van der Waals surface area contributed by atoms with Crippen molar-refractivity contribution >= 4 is 43.2 Å². The molecule has 6 atom stereocenters. The average molecular weight is 733 g/mol. The highest BCUT2D eigenvalue weighted by molar-refractivity contribution is 6.72. The number of rotatable bonds is 12. The molecule has 0 unspecified atom stereocenters. The van der Waals surface area contributed by atoms with E-state index in [1.54, 1.807) is 34.9 Å². The van der Waals surface area contributed by atoms with Crippen LogP contribution in [0.15, 0.2) is 48.7 Å². The fraction of sp³-hybridized carbons (Fsp3) is 0.541. The maximum atomic E-state index is 16.4. The van der Waals surface area contributed by atoms with E-state index >= 15 is 4.11 Å². The summed E-state index contributed by atoms with van der Waals surface area (Å²) in [6, 6.07) is 12.5. The van der Waals surface area contributed by atoms with Gasteiger partial charge in [-0.05, 0) is 94.2 Å². The molecular formula is C37H49FN8O5Si. The van der Waals surface area contributed by atoms with Gasteiger partial charge < -0.3 is 40.1 Å². The van der Waals surface area contributed by atoms with Crippen LogP contribution < -0.4 is 26.2 Å². The molecule has 0 radical (unpaired) electrons. The van der Waals surface area contributed by atoms with Crippen LogP contribution in [0.25, 0.3) is 0 Å². The number of ether oxygens (including phenoxy) is 1. The van der Waals surface area contributed by atoms with Crippen molar-refractivity contribution in [1.29, 1.82) is 0 Å². The second-order valence-electron chi connectivity index (χ2n) is 15.1. The minimum Gasteiger partial charge on any atom is -0.396 e. The summed E-state index contributed by atoms with van der Waals surface area (Å²) in [7, 11) is -3.42. The van der Waals surface area contributed by atoms with Crippen LogP contribution in [0.4, 0.5) is 21.2 Å². The number of hydrogen-bond donors (Lipinski definition) is 5. The van der Waals surface area contributed by atoms with Crippen LogP contribution in [0.3, 0.4) is 0 Å². The second kappa shape index (κ2) is 14.8. The molecule has 0 bridgehead atoms. The first-order valence-corrected chi connectivity index (χ1v) is 21.4. The Hall–Kier alpha value is -4.02. The minimum absolute atomic E-state index is 0.0371. The summed E-state index contributed by atoms with van der Waals surface area (Å²) in [5.74, 6) is -0.971. The summed E-state index contributed by atoms with van der Waals surface area (Å²) >= 11 is 0. The third-order valence-corrected chi connectivity index (χ3v) is 13.6. The number of halogens is 1. The van der Waals surface area contributed by atoms with Gasteiger partial charge in [0.15, 0.2) is 5.60 Å². The van der Waals surface area contributed by atoms with E-state index in [2.05, 4.69) is 31.6 Å². The molecule has 52 heavy (non-hydrogen) atoms. The zero-order valence-corrected chi connectivity index (χ0v) is 31.0. The Bertz CT molecular complexity index is 1790. The molecule has 4 aliphatic heterocycles. The number of nitrogens with zero attached hydrogens (tertiary/aromatic N) is 4. The van der Waals surface area contributed by atoms with Gasteiger partial charge in [-0.3, -0.25) is 19.1 Å². The SMILES string of the molecule is C[C@@H]1[C@@H]([Si](C)(C)F)[C@H](CCn2cc(CCO)nn2)O[C@@]12C(=O)N(Cc1ccc(NC(=O)[C@H]3CCCN3)cc1)c1ccc(NC(=O)[C@H]3CCCN3)cc12. The number of anilines is 3. The molecule has 3 saturated heterocycles. The topological polar surface area (TPSA) is 163 Å². The van der Waals surface area contributed by atoms with E-state index in [0.29, 0.717) is 47.7 Å². The highest BCUT2D eigenvalue weighted by Crippen LogP contribution is 2.60. The summed E-state index contributed by atoms with van der Waals surface area (Å²) in [5, 5.41) is 30.1. The number of carbonyl (C=O) groups is 3. The first-order valence-electron chi connectivity index (χ1n) is 18.5. The number of nitrogens with one attached hydrogen (secondary N) is 4. The molecule has 3 fully saturated rings. The average Bonchev–Trinajstić information content (AvgIpc) is 3.96. The maximum Gasteiger partial charge on any atom is 0.264 e. The molecule has 5 heterocycles. The molecule has 5 N–H and O–H groups in total. The molecule has 1 spiro atoms. The van der Waals surface area contributed by atoms with Crippen molar-refractivity contribution in [1.82, 2.24) is 25.6 Å². The normalized spacial score (nSPS) is 27.1. The molecule has 3 aromatic rings. The number of aliphatic hydroxyl groups is 1. The van der Waals surface area contributed by atoms with Crippen LogP contribution >= 0.6 is 0 Å². The van der Waals surface area contributed by atoms with Crippen molar-refractivity contribution in [2.24, 2.45) is 5.92 Å². The highest BCUT2D eigenvalue weighted by atomic mass is 28.4. The number of aliphatic hydroxyl groups excluding tert-OH is 1. The fourth-order valence-corrected chi connectivity index (χ4v) is 11.2. The van der Waals surface area contributed by atoms with Gasteiger partial charge >= 0.3 is 0 Å². The van der Waals surface area contributed by atoms with E-state index in [9.17, 15) is 19.5 Å². The highest BCUT2D eigenvalue weighted by Gasteiger charge is 2.66. The minimum atomic E-state index is -3.42. The molecular weight excluding hydrogens is 684 g/mol. The Morgan fingerprint density at radius 3 is 2.31 bits per heavy atom. The Morgan fingerprint density at radius 2 is 1.69 bits per heavy atom. The summed E-state index contributed by atoms with van der Waals surface area (Å²) in [6.07, 6.45) is 5.44. The van der Waals surface area contributed by atoms with Gasteiger partial charge in [-0.1, -0.05) is 24.3 Å². The number of carbonyl (C=O) groups excluding carboxylic acids is 3. The van der Waals surface area contributed by atoms with Crippen molar-refractivity contribution < 1.29 is 28.3 Å². The lowest BCUT2D eigenvalue weighted by Gasteiger charge is -2.31. The first kappa shape index (κ1) is 36.3. The van der Waals surface area contributed by atoms with Gasteiger partial charge in [0.2, 0.25) is 20.2 Å². The van der Waals surface area contributed by atoms with Crippen LogP contribution in [0, 0.1) is 5.92 Å². The van der Waals surface area contributed by atoms with Gasteiger partial charge in [0.05, 0.1) is 36.1 Å². The summed E-state index contributed by atoms with van der Waals surface area (Å²) in [6.45, 7) is 7.48. The number of benzene rings is 2. The Morgan fingerprint density at radius 1 is 1.04 bits per heavy atom. The molecule has 13 nitrogen and oxygen atoms in total. The predicted molar refractivity (Wildman–Crippen MR) is 197 cm³/mol. The van der Waals surface area contributed by atoms with Crippen LogP contribution in [0.2, 0.25) is 18.6 Å². The third kappa shape index (κ3) is 7.04. The summed E-state index contributed by atoms with van der Waals surface area (Å²) in [5.41, 5.74) is 2.02. The van der Waals surface area contributed by atoms with Crippen LogP contribution in [0.5, 0.6) is 0 Å². The fourth-order valence-electron chi connectivity index (χ4n) is 8.64.